The maximum Gasteiger partial charge on any atom is 0.342 e. The summed E-state index contributed by atoms with van der Waals surface area (Å²) in [5, 5.41) is 3.22. The average Bonchev–Trinajstić information content (AvgIpc) is 3.44. The first-order chi connectivity index (χ1) is 12.3. The Morgan fingerprint density at radius 2 is 1.96 bits per heavy atom. The van der Waals surface area contributed by atoms with Crippen molar-refractivity contribution in [3.63, 3.8) is 0 Å². The van der Waals surface area contributed by atoms with Gasteiger partial charge in [-0.1, -0.05) is 18.2 Å². The number of nitrogens with zero attached hydrogens (tertiary/aromatic N) is 1. The monoisotopic (exact) mass is 360 g/mol. The fourth-order valence-corrected chi connectivity index (χ4v) is 3.04. The molecule has 3 rings (SSSR count). The highest BCUT2D eigenvalue weighted by Gasteiger charge is 2.48. The second kappa shape index (κ2) is 7.37. The van der Waals surface area contributed by atoms with Gasteiger partial charge in [-0.25, -0.2) is 4.79 Å². The number of rotatable bonds is 5. The first kappa shape index (κ1) is 18.9. The molecule has 1 saturated carbocycles. The number of carbonyl (C=O) groups excluding carboxylic acids is 2. The molecule has 1 aromatic rings. The number of amides is 1. The van der Waals surface area contributed by atoms with Gasteiger partial charge in [0.1, 0.15) is 5.60 Å². The van der Waals surface area contributed by atoms with Crippen LogP contribution in [0.1, 0.15) is 33.6 Å². The number of ether oxygens (including phenoxy) is 2. The van der Waals surface area contributed by atoms with E-state index in [1.165, 1.54) is 0 Å². The molecule has 1 saturated heterocycles. The SMILES string of the molecule is CC(C)(C)OC(=O)C1(CN(C(=O)C2CC2)c2ccccc2)CNCCO1. The summed E-state index contributed by atoms with van der Waals surface area (Å²) in [6.07, 6.45) is 1.81. The van der Waals surface area contributed by atoms with E-state index in [0.29, 0.717) is 19.7 Å². The van der Waals surface area contributed by atoms with Crippen molar-refractivity contribution in [2.75, 3.05) is 31.1 Å². The number of morpholine rings is 1. The minimum atomic E-state index is -1.20. The number of para-hydroxylation sites is 1. The molecule has 1 atom stereocenters. The van der Waals surface area contributed by atoms with Gasteiger partial charge in [0.25, 0.3) is 0 Å². The number of hydrogen-bond donors (Lipinski definition) is 1. The molecule has 2 aliphatic rings. The van der Waals surface area contributed by atoms with Crippen molar-refractivity contribution in [2.45, 2.75) is 44.8 Å². The van der Waals surface area contributed by atoms with Crippen molar-refractivity contribution in [1.82, 2.24) is 5.32 Å². The van der Waals surface area contributed by atoms with Crippen LogP contribution in [0.25, 0.3) is 0 Å². The highest BCUT2D eigenvalue weighted by Crippen LogP contribution is 2.34. The van der Waals surface area contributed by atoms with Crippen LogP contribution in [0, 0.1) is 5.92 Å². The minimum Gasteiger partial charge on any atom is -0.458 e. The standard InChI is InChI=1S/C20H28N2O4/c1-19(2,3)26-18(24)20(13-21-11-12-25-20)14-22(17(23)15-9-10-15)16-7-5-4-6-8-16/h4-8,15,21H,9-14H2,1-3H3. The van der Waals surface area contributed by atoms with Crippen molar-refractivity contribution < 1.29 is 19.1 Å². The van der Waals surface area contributed by atoms with Gasteiger partial charge in [0.05, 0.1) is 13.2 Å². The molecule has 0 radical (unpaired) electrons. The van der Waals surface area contributed by atoms with E-state index < -0.39 is 17.2 Å². The lowest BCUT2D eigenvalue weighted by Gasteiger charge is -2.40. The zero-order valence-electron chi connectivity index (χ0n) is 15.8. The molecule has 1 N–H and O–H groups in total. The summed E-state index contributed by atoms with van der Waals surface area (Å²) in [5.41, 5.74) is -1.05. The van der Waals surface area contributed by atoms with E-state index >= 15 is 0 Å². The highest BCUT2D eigenvalue weighted by atomic mass is 16.6. The van der Waals surface area contributed by atoms with Crippen LogP contribution in [0.15, 0.2) is 30.3 Å². The van der Waals surface area contributed by atoms with E-state index in [-0.39, 0.29) is 18.4 Å². The fraction of sp³-hybridized carbons (Fsp3) is 0.600. The number of benzene rings is 1. The van der Waals surface area contributed by atoms with Crippen molar-refractivity contribution in [3.8, 4) is 0 Å². The van der Waals surface area contributed by atoms with Gasteiger partial charge in [0.15, 0.2) is 5.60 Å². The summed E-state index contributed by atoms with van der Waals surface area (Å²) in [6, 6.07) is 9.47. The van der Waals surface area contributed by atoms with Gasteiger partial charge in [0, 0.05) is 24.7 Å². The Morgan fingerprint density at radius 3 is 2.50 bits per heavy atom. The molecule has 1 aliphatic heterocycles. The van der Waals surface area contributed by atoms with Crippen LogP contribution >= 0.6 is 0 Å². The summed E-state index contributed by atoms with van der Waals surface area (Å²) in [4.78, 5) is 27.6. The molecule has 26 heavy (non-hydrogen) atoms. The van der Waals surface area contributed by atoms with Gasteiger partial charge in [-0.15, -0.1) is 0 Å². The highest BCUT2D eigenvalue weighted by molar-refractivity contribution is 5.97. The Morgan fingerprint density at radius 1 is 1.27 bits per heavy atom. The van der Waals surface area contributed by atoms with Gasteiger partial charge < -0.3 is 19.7 Å². The van der Waals surface area contributed by atoms with Crippen molar-refractivity contribution in [1.29, 1.82) is 0 Å². The second-order valence-corrected chi connectivity index (χ2v) is 8.06. The largest absolute Gasteiger partial charge is 0.458 e. The number of nitrogens with one attached hydrogen (secondary N) is 1. The van der Waals surface area contributed by atoms with E-state index in [1.807, 2.05) is 51.1 Å². The molecule has 1 aromatic carbocycles. The Labute approximate surface area is 154 Å². The number of esters is 1. The molecule has 0 aromatic heterocycles. The van der Waals surface area contributed by atoms with Gasteiger partial charge in [-0.3, -0.25) is 4.79 Å². The lowest BCUT2D eigenvalue weighted by molar-refractivity contribution is -0.185. The molecule has 6 heteroatoms. The van der Waals surface area contributed by atoms with Crippen LogP contribution in [0.5, 0.6) is 0 Å². The Balaban J connectivity index is 1.89. The smallest absolute Gasteiger partial charge is 0.342 e. The van der Waals surface area contributed by atoms with E-state index in [4.69, 9.17) is 9.47 Å². The molecule has 2 fully saturated rings. The topological polar surface area (TPSA) is 67.9 Å². The van der Waals surface area contributed by atoms with Gasteiger partial charge in [-0.05, 0) is 45.7 Å². The minimum absolute atomic E-state index is 0.0439. The Kier molecular flexibility index (Phi) is 5.34. The molecule has 0 spiro atoms. The first-order valence-corrected chi connectivity index (χ1v) is 9.25. The van der Waals surface area contributed by atoms with Crippen LogP contribution in [-0.4, -0.2) is 49.3 Å². The summed E-state index contributed by atoms with van der Waals surface area (Å²) in [5.74, 6) is -0.336. The van der Waals surface area contributed by atoms with Gasteiger partial charge in [-0.2, -0.15) is 0 Å². The van der Waals surface area contributed by atoms with E-state index in [2.05, 4.69) is 5.32 Å². The first-order valence-electron chi connectivity index (χ1n) is 9.25. The number of hydrogen-bond acceptors (Lipinski definition) is 5. The van der Waals surface area contributed by atoms with Crippen molar-refractivity contribution in [2.24, 2.45) is 5.92 Å². The molecule has 1 unspecified atom stereocenters. The summed E-state index contributed by atoms with van der Waals surface area (Å²) < 4.78 is 11.6. The second-order valence-electron chi connectivity index (χ2n) is 8.06. The molecule has 142 valence electrons. The van der Waals surface area contributed by atoms with Gasteiger partial charge in [0.2, 0.25) is 5.91 Å². The summed E-state index contributed by atoms with van der Waals surface area (Å²) in [7, 11) is 0. The third-order valence-corrected chi connectivity index (χ3v) is 4.51. The summed E-state index contributed by atoms with van der Waals surface area (Å²) >= 11 is 0. The molecule has 0 bridgehead atoms. The zero-order chi connectivity index (χ0) is 18.8. The number of anilines is 1. The van der Waals surface area contributed by atoms with E-state index in [0.717, 1.165) is 18.5 Å². The van der Waals surface area contributed by atoms with Crippen LogP contribution in [0.2, 0.25) is 0 Å². The van der Waals surface area contributed by atoms with Crippen molar-refractivity contribution in [3.05, 3.63) is 30.3 Å². The predicted octanol–water partition coefficient (Wildman–Crippen LogP) is 2.13. The average molecular weight is 360 g/mol. The summed E-state index contributed by atoms with van der Waals surface area (Å²) in [6.45, 7) is 7.04. The van der Waals surface area contributed by atoms with E-state index in [9.17, 15) is 9.59 Å². The fourth-order valence-electron chi connectivity index (χ4n) is 3.04. The predicted molar refractivity (Wildman–Crippen MR) is 98.9 cm³/mol. The lowest BCUT2D eigenvalue weighted by Crippen LogP contribution is -2.63. The normalized spacial score (nSPS) is 23.3. The van der Waals surface area contributed by atoms with Gasteiger partial charge >= 0.3 is 5.97 Å². The molecular weight excluding hydrogens is 332 g/mol. The van der Waals surface area contributed by atoms with Crippen LogP contribution in [-0.2, 0) is 19.1 Å². The molecular formula is C20H28N2O4. The Bertz CT molecular complexity index is 644. The maximum atomic E-state index is 13.0. The van der Waals surface area contributed by atoms with Crippen molar-refractivity contribution >= 4 is 17.6 Å². The van der Waals surface area contributed by atoms with Crippen LogP contribution < -0.4 is 10.2 Å². The third kappa shape index (κ3) is 4.43. The molecule has 1 amide bonds. The van der Waals surface area contributed by atoms with E-state index in [1.54, 1.807) is 4.90 Å². The zero-order valence-corrected chi connectivity index (χ0v) is 15.8. The lowest BCUT2D eigenvalue weighted by atomic mass is 10.00. The molecule has 1 aliphatic carbocycles. The quantitative estimate of drug-likeness (QED) is 0.815. The molecule has 6 nitrogen and oxygen atoms in total. The number of carbonyl (C=O) groups is 2. The third-order valence-electron chi connectivity index (χ3n) is 4.51. The maximum absolute atomic E-state index is 13.0. The van der Waals surface area contributed by atoms with Crippen LogP contribution in [0.4, 0.5) is 5.69 Å². The van der Waals surface area contributed by atoms with Crippen LogP contribution in [0.3, 0.4) is 0 Å². The Hall–Kier alpha value is -1.92. The molecule has 1 heterocycles.